The summed E-state index contributed by atoms with van der Waals surface area (Å²) in [4.78, 5) is 0. The molecule has 0 amide bonds. The van der Waals surface area contributed by atoms with Gasteiger partial charge in [0.15, 0.2) is 0 Å². The largest absolute Gasteiger partial charge is 0.494 e. The van der Waals surface area contributed by atoms with Crippen molar-refractivity contribution >= 4 is 0 Å². The third-order valence-corrected chi connectivity index (χ3v) is 2.44. The molecule has 0 saturated carbocycles. The van der Waals surface area contributed by atoms with Crippen LogP contribution < -0.4 is 15.2 Å². The molecular weight excluding hydrogens is 228 g/mol. The molecule has 4 heteroatoms. The number of nitrogens with two attached hydrogens (primary N) is 1. The van der Waals surface area contributed by atoms with E-state index in [2.05, 4.69) is 6.92 Å². The molecule has 98 valence electrons. The Morgan fingerprint density at radius 3 is 2.11 bits per heavy atom. The highest BCUT2D eigenvalue weighted by Crippen LogP contribution is 2.18. The average molecular weight is 248 g/mol. The fourth-order valence-electron chi connectivity index (χ4n) is 1.29. The summed E-state index contributed by atoms with van der Waals surface area (Å²) in [5.41, 5.74) is 4.87. The van der Waals surface area contributed by atoms with Crippen LogP contribution in [0.15, 0.2) is 24.3 Å². The molecule has 0 aliphatic heterocycles. The number of hydrogen-bond acceptors (Lipinski definition) is 4. The molecule has 0 heterocycles. The van der Waals surface area contributed by atoms with Crippen LogP contribution in [0.2, 0.25) is 0 Å². The highest BCUT2D eigenvalue weighted by molar-refractivity contribution is 5.31. The summed E-state index contributed by atoms with van der Waals surface area (Å²) in [5.74, 6) is 1.59. The van der Waals surface area contributed by atoms with E-state index in [1.807, 2.05) is 30.3 Å². The quantitative estimate of drug-likeness (QED) is 0.805. The molecule has 0 radical (unpaired) electrons. The number of hydrogen-bond donors (Lipinski definition) is 1. The zero-order chi connectivity index (χ0) is 13.4. The van der Waals surface area contributed by atoms with Gasteiger partial charge in [-0.15, -0.1) is 0 Å². The van der Waals surface area contributed by atoms with E-state index in [-0.39, 0.29) is 0 Å². The zero-order valence-electron chi connectivity index (χ0n) is 11.0. The highest BCUT2D eigenvalue weighted by atomic mass is 16.5. The summed E-state index contributed by atoms with van der Waals surface area (Å²) in [7, 11) is 0. The molecule has 0 fully saturated rings. The molecule has 1 aromatic carbocycles. The Labute approximate surface area is 108 Å². The van der Waals surface area contributed by atoms with Gasteiger partial charge in [-0.05, 0) is 37.6 Å². The summed E-state index contributed by atoms with van der Waals surface area (Å²) in [6.07, 6.45) is 1.49. The lowest BCUT2D eigenvalue weighted by atomic mass is 10.0. The van der Waals surface area contributed by atoms with Gasteiger partial charge in [0.05, 0.1) is 19.3 Å². The fourth-order valence-corrected chi connectivity index (χ4v) is 1.29. The van der Waals surface area contributed by atoms with E-state index in [9.17, 15) is 0 Å². The van der Waals surface area contributed by atoms with Crippen LogP contribution in [-0.2, 0) is 0 Å². The molecule has 1 rings (SSSR count). The smallest absolute Gasteiger partial charge is 0.119 e. The topological polar surface area (TPSA) is 68.3 Å². The van der Waals surface area contributed by atoms with Gasteiger partial charge in [-0.2, -0.15) is 5.26 Å². The Morgan fingerprint density at radius 2 is 1.67 bits per heavy atom. The van der Waals surface area contributed by atoms with E-state index in [1.54, 1.807) is 6.92 Å². The number of benzene rings is 1. The first-order chi connectivity index (χ1) is 8.57. The second kappa shape index (κ2) is 6.87. The van der Waals surface area contributed by atoms with Crippen LogP contribution >= 0.6 is 0 Å². The second-order valence-corrected chi connectivity index (χ2v) is 4.45. The maximum atomic E-state index is 8.76. The molecule has 1 unspecified atom stereocenters. The number of nitriles is 1. The normalized spacial score (nSPS) is 13.4. The second-order valence-electron chi connectivity index (χ2n) is 4.45. The van der Waals surface area contributed by atoms with E-state index in [4.69, 9.17) is 20.5 Å². The van der Waals surface area contributed by atoms with Gasteiger partial charge in [-0.3, -0.25) is 0 Å². The summed E-state index contributed by atoms with van der Waals surface area (Å²) >= 11 is 0. The zero-order valence-corrected chi connectivity index (χ0v) is 11.0. The molecule has 18 heavy (non-hydrogen) atoms. The lowest BCUT2D eigenvalue weighted by Gasteiger charge is -2.15. The van der Waals surface area contributed by atoms with Gasteiger partial charge in [0.1, 0.15) is 17.0 Å². The van der Waals surface area contributed by atoms with Crippen LogP contribution in [0, 0.1) is 11.3 Å². The summed E-state index contributed by atoms with van der Waals surface area (Å²) in [6.45, 7) is 4.90. The van der Waals surface area contributed by atoms with Gasteiger partial charge >= 0.3 is 0 Å². The van der Waals surface area contributed by atoms with E-state index in [1.165, 1.54) is 0 Å². The molecule has 0 aliphatic carbocycles. The molecule has 1 atom stereocenters. The first-order valence-corrected chi connectivity index (χ1v) is 6.13. The maximum Gasteiger partial charge on any atom is 0.119 e. The van der Waals surface area contributed by atoms with Gasteiger partial charge in [-0.25, -0.2) is 0 Å². The lowest BCUT2D eigenvalue weighted by Crippen LogP contribution is -2.35. The van der Waals surface area contributed by atoms with Crippen molar-refractivity contribution < 1.29 is 9.47 Å². The van der Waals surface area contributed by atoms with Crippen molar-refractivity contribution in [1.82, 2.24) is 0 Å². The monoisotopic (exact) mass is 248 g/mol. The van der Waals surface area contributed by atoms with Crippen LogP contribution in [0.5, 0.6) is 11.5 Å². The van der Waals surface area contributed by atoms with Crippen molar-refractivity contribution in [2.24, 2.45) is 5.73 Å². The predicted molar refractivity (Wildman–Crippen MR) is 70.5 cm³/mol. The van der Waals surface area contributed by atoms with E-state index in [0.29, 0.717) is 19.6 Å². The summed E-state index contributed by atoms with van der Waals surface area (Å²) in [5, 5.41) is 8.76. The third kappa shape index (κ3) is 5.07. The van der Waals surface area contributed by atoms with Crippen LogP contribution in [0.3, 0.4) is 0 Å². The van der Waals surface area contributed by atoms with Crippen molar-refractivity contribution in [2.45, 2.75) is 32.2 Å². The fraction of sp³-hybridized carbons (Fsp3) is 0.500. The van der Waals surface area contributed by atoms with E-state index < -0.39 is 5.54 Å². The van der Waals surface area contributed by atoms with Crippen LogP contribution in [-0.4, -0.2) is 18.8 Å². The summed E-state index contributed by atoms with van der Waals surface area (Å²) in [6, 6.07) is 9.49. The molecule has 0 saturated heterocycles. The highest BCUT2D eigenvalue weighted by Gasteiger charge is 2.16. The minimum atomic E-state index is -0.829. The van der Waals surface area contributed by atoms with Gasteiger partial charge in [0, 0.05) is 6.42 Å². The van der Waals surface area contributed by atoms with Crippen molar-refractivity contribution in [2.75, 3.05) is 13.2 Å². The Hall–Kier alpha value is -1.73. The molecule has 0 aliphatic rings. The van der Waals surface area contributed by atoms with Crippen LogP contribution in [0.1, 0.15) is 26.7 Å². The molecular formula is C14H20N2O2. The molecule has 1 aromatic rings. The Bertz CT molecular complexity index is 393. The Morgan fingerprint density at radius 1 is 1.17 bits per heavy atom. The van der Waals surface area contributed by atoms with Crippen molar-refractivity contribution in [3.63, 3.8) is 0 Å². The van der Waals surface area contributed by atoms with Crippen LogP contribution in [0.4, 0.5) is 0 Å². The van der Waals surface area contributed by atoms with E-state index >= 15 is 0 Å². The minimum absolute atomic E-state index is 0.426. The lowest BCUT2D eigenvalue weighted by molar-refractivity contribution is 0.284. The SMILES string of the molecule is CCCOc1ccc(OCCC(C)(N)C#N)cc1. The first kappa shape index (κ1) is 14.3. The van der Waals surface area contributed by atoms with Crippen molar-refractivity contribution in [3.8, 4) is 17.6 Å². The molecule has 0 aromatic heterocycles. The average Bonchev–Trinajstić information content (AvgIpc) is 2.38. The minimum Gasteiger partial charge on any atom is -0.494 e. The molecule has 0 bridgehead atoms. The molecule has 0 spiro atoms. The number of rotatable bonds is 7. The third-order valence-electron chi connectivity index (χ3n) is 2.44. The first-order valence-electron chi connectivity index (χ1n) is 6.13. The van der Waals surface area contributed by atoms with E-state index in [0.717, 1.165) is 17.9 Å². The maximum absolute atomic E-state index is 8.76. The predicted octanol–water partition coefficient (Wildman–Crippen LogP) is 2.49. The summed E-state index contributed by atoms with van der Waals surface area (Å²) < 4.78 is 11.0. The molecule has 4 nitrogen and oxygen atoms in total. The number of nitrogens with zero attached hydrogens (tertiary/aromatic N) is 1. The Kier molecular flexibility index (Phi) is 5.47. The van der Waals surface area contributed by atoms with Gasteiger partial charge < -0.3 is 15.2 Å². The van der Waals surface area contributed by atoms with Gasteiger partial charge in [-0.1, -0.05) is 6.92 Å². The standard InChI is InChI=1S/C14H20N2O2/c1-3-9-17-12-4-6-13(7-5-12)18-10-8-14(2,16)11-15/h4-7H,3,8-10,16H2,1-2H3. The number of ether oxygens (including phenoxy) is 2. The van der Waals surface area contributed by atoms with Gasteiger partial charge in [0.2, 0.25) is 0 Å². The van der Waals surface area contributed by atoms with Crippen molar-refractivity contribution in [3.05, 3.63) is 24.3 Å². The molecule has 2 N–H and O–H groups in total. The van der Waals surface area contributed by atoms with Crippen molar-refractivity contribution in [1.29, 1.82) is 5.26 Å². The Balaban J connectivity index is 2.38. The van der Waals surface area contributed by atoms with Crippen LogP contribution in [0.25, 0.3) is 0 Å². The van der Waals surface area contributed by atoms with Gasteiger partial charge in [0.25, 0.3) is 0 Å².